The van der Waals surface area contributed by atoms with Crippen molar-refractivity contribution in [3.8, 4) is 0 Å². The van der Waals surface area contributed by atoms with Crippen LogP contribution < -0.4 is 5.32 Å². The van der Waals surface area contributed by atoms with Gasteiger partial charge in [-0.2, -0.15) is 0 Å². The van der Waals surface area contributed by atoms with E-state index in [0.717, 1.165) is 5.56 Å². The van der Waals surface area contributed by atoms with Gasteiger partial charge >= 0.3 is 0 Å². The Morgan fingerprint density at radius 2 is 1.95 bits per heavy atom. The standard InChI is InChI=1S/C16H24ClFN2/c1-11-8-15(17)12(9-16(11)18)10-20(3)14-6-4-13(19-2)5-7-14/h8-9,13-14,19H,4-7,10H2,1-3H3. The maximum atomic E-state index is 13.7. The first-order valence-corrected chi connectivity index (χ1v) is 7.71. The topological polar surface area (TPSA) is 15.3 Å². The first kappa shape index (κ1) is 15.7. The van der Waals surface area contributed by atoms with Gasteiger partial charge in [0, 0.05) is 23.7 Å². The summed E-state index contributed by atoms with van der Waals surface area (Å²) in [6.07, 6.45) is 4.80. The molecule has 1 aliphatic carbocycles. The van der Waals surface area contributed by atoms with Crippen LogP contribution in [0.25, 0.3) is 0 Å². The van der Waals surface area contributed by atoms with Crippen LogP contribution in [0.2, 0.25) is 5.02 Å². The summed E-state index contributed by atoms with van der Waals surface area (Å²) in [4.78, 5) is 2.31. The molecule has 2 nitrogen and oxygen atoms in total. The van der Waals surface area contributed by atoms with Crippen molar-refractivity contribution in [2.24, 2.45) is 0 Å². The summed E-state index contributed by atoms with van der Waals surface area (Å²) in [6.45, 7) is 2.46. The lowest BCUT2D eigenvalue weighted by molar-refractivity contribution is 0.170. The minimum absolute atomic E-state index is 0.170. The van der Waals surface area contributed by atoms with E-state index in [1.807, 2.05) is 7.05 Å². The van der Waals surface area contributed by atoms with Crippen LogP contribution in [0, 0.1) is 12.7 Å². The Kier molecular flexibility index (Phi) is 5.42. The van der Waals surface area contributed by atoms with Crippen LogP contribution in [0.1, 0.15) is 36.8 Å². The predicted octanol–water partition coefficient (Wildman–Crippen LogP) is 3.75. The van der Waals surface area contributed by atoms with Gasteiger partial charge in [-0.15, -0.1) is 0 Å². The number of halogens is 2. The largest absolute Gasteiger partial charge is 0.317 e. The Labute approximate surface area is 126 Å². The molecule has 1 aliphatic rings. The molecular weight excluding hydrogens is 275 g/mol. The van der Waals surface area contributed by atoms with Gasteiger partial charge in [0.05, 0.1) is 0 Å². The quantitative estimate of drug-likeness (QED) is 0.911. The summed E-state index contributed by atoms with van der Waals surface area (Å²) in [5, 5.41) is 4.01. The number of hydrogen-bond donors (Lipinski definition) is 1. The molecule has 1 fully saturated rings. The van der Waals surface area contributed by atoms with Crippen molar-refractivity contribution in [2.45, 2.75) is 51.2 Å². The molecule has 0 bridgehead atoms. The van der Waals surface area contributed by atoms with Crippen molar-refractivity contribution in [3.63, 3.8) is 0 Å². The second-order valence-electron chi connectivity index (χ2n) is 5.90. The number of benzene rings is 1. The molecular formula is C16H24ClFN2. The van der Waals surface area contributed by atoms with Gasteiger partial charge < -0.3 is 5.32 Å². The van der Waals surface area contributed by atoms with Gasteiger partial charge in [0.25, 0.3) is 0 Å². The highest BCUT2D eigenvalue weighted by Crippen LogP contribution is 2.26. The fourth-order valence-electron chi connectivity index (χ4n) is 3.01. The van der Waals surface area contributed by atoms with E-state index in [9.17, 15) is 4.39 Å². The molecule has 4 heteroatoms. The predicted molar refractivity (Wildman–Crippen MR) is 82.7 cm³/mol. The van der Waals surface area contributed by atoms with Gasteiger partial charge in [-0.05, 0) is 70.0 Å². The smallest absolute Gasteiger partial charge is 0.126 e. The molecule has 0 heterocycles. The van der Waals surface area contributed by atoms with E-state index < -0.39 is 0 Å². The number of nitrogens with zero attached hydrogens (tertiary/aromatic N) is 1. The lowest BCUT2D eigenvalue weighted by atomic mass is 9.90. The third-order valence-corrected chi connectivity index (χ3v) is 4.83. The number of hydrogen-bond acceptors (Lipinski definition) is 2. The van der Waals surface area contributed by atoms with Crippen molar-refractivity contribution in [1.82, 2.24) is 10.2 Å². The molecule has 0 atom stereocenters. The molecule has 0 saturated heterocycles. The molecule has 1 saturated carbocycles. The van der Waals surface area contributed by atoms with Crippen LogP contribution in [0.3, 0.4) is 0 Å². The Bertz CT molecular complexity index is 456. The van der Waals surface area contributed by atoms with E-state index in [-0.39, 0.29) is 5.82 Å². The number of aryl methyl sites for hydroxylation is 1. The summed E-state index contributed by atoms with van der Waals surface area (Å²) in [5.41, 5.74) is 1.49. The molecule has 0 amide bonds. The van der Waals surface area contributed by atoms with Crippen molar-refractivity contribution in [1.29, 1.82) is 0 Å². The van der Waals surface area contributed by atoms with E-state index in [0.29, 0.717) is 29.2 Å². The van der Waals surface area contributed by atoms with Crippen molar-refractivity contribution in [2.75, 3.05) is 14.1 Å². The fourth-order valence-corrected chi connectivity index (χ4v) is 3.29. The maximum Gasteiger partial charge on any atom is 0.126 e. The van der Waals surface area contributed by atoms with Gasteiger partial charge in [-0.1, -0.05) is 11.6 Å². The van der Waals surface area contributed by atoms with Crippen LogP contribution >= 0.6 is 11.6 Å². The molecule has 0 aliphatic heterocycles. The highest BCUT2D eigenvalue weighted by Gasteiger charge is 2.23. The van der Waals surface area contributed by atoms with E-state index in [2.05, 4.69) is 17.3 Å². The van der Waals surface area contributed by atoms with Gasteiger partial charge in [0.15, 0.2) is 0 Å². The zero-order valence-corrected chi connectivity index (χ0v) is 13.3. The molecule has 0 spiro atoms. The second kappa shape index (κ2) is 6.88. The zero-order chi connectivity index (χ0) is 14.7. The van der Waals surface area contributed by atoms with Gasteiger partial charge in [-0.25, -0.2) is 4.39 Å². The number of nitrogens with one attached hydrogen (secondary N) is 1. The second-order valence-corrected chi connectivity index (χ2v) is 6.31. The van der Waals surface area contributed by atoms with E-state index in [1.54, 1.807) is 19.1 Å². The van der Waals surface area contributed by atoms with Crippen LogP contribution in [0.5, 0.6) is 0 Å². The van der Waals surface area contributed by atoms with Crippen LogP contribution in [-0.2, 0) is 6.54 Å². The van der Waals surface area contributed by atoms with Crippen molar-refractivity contribution >= 4 is 11.6 Å². The average Bonchev–Trinajstić information content (AvgIpc) is 2.44. The summed E-state index contributed by atoms with van der Waals surface area (Å²) < 4.78 is 13.7. The van der Waals surface area contributed by atoms with Gasteiger partial charge in [0.2, 0.25) is 0 Å². The third kappa shape index (κ3) is 3.72. The Morgan fingerprint density at radius 1 is 1.30 bits per heavy atom. The SMILES string of the molecule is CNC1CCC(N(C)Cc2cc(F)c(C)cc2Cl)CC1. The lowest BCUT2D eigenvalue weighted by Crippen LogP contribution is -2.39. The van der Waals surface area contributed by atoms with Crippen LogP contribution in [0.15, 0.2) is 12.1 Å². The van der Waals surface area contributed by atoms with Crippen molar-refractivity contribution in [3.05, 3.63) is 34.1 Å². The Morgan fingerprint density at radius 3 is 2.55 bits per heavy atom. The Balaban J connectivity index is 1.98. The fraction of sp³-hybridized carbons (Fsp3) is 0.625. The first-order chi connectivity index (χ1) is 9.51. The molecule has 20 heavy (non-hydrogen) atoms. The summed E-state index contributed by atoms with van der Waals surface area (Å²) >= 11 is 6.23. The van der Waals surface area contributed by atoms with Crippen LogP contribution in [-0.4, -0.2) is 31.1 Å². The van der Waals surface area contributed by atoms with Crippen molar-refractivity contribution < 1.29 is 4.39 Å². The van der Waals surface area contributed by atoms with Crippen LogP contribution in [0.4, 0.5) is 4.39 Å². The third-order valence-electron chi connectivity index (χ3n) is 4.48. The maximum absolute atomic E-state index is 13.7. The molecule has 1 aromatic rings. The first-order valence-electron chi connectivity index (χ1n) is 7.33. The minimum atomic E-state index is -0.170. The molecule has 0 aromatic heterocycles. The molecule has 2 rings (SSSR count). The minimum Gasteiger partial charge on any atom is -0.317 e. The Hall–Kier alpha value is -0.640. The summed E-state index contributed by atoms with van der Waals surface area (Å²) in [7, 11) is 4.14. The molecule has 0 radical (unpaired) electrons. The van der Waals surface area contributed by atoms with E-state index >= 15 is 0 Å². The molecule has 1 N–H and O–H groups in total. The zero-order valence-electron chi connectivity index (χ0n) is 12.5. The molecule has 1 aromatic carbocycles. The monoisotopic (exact) mass is 298 g/mol. The molecule has 112 valence electrons. The summed E-state index contributed by atoms with van der Waals surface area (Å²) in [6, 6.07) is 4.52. The average molecular weight is 299 g/mol. The van der Waals surface area contributed by atoms with E-state index in [1.165, 1.54) is 25.7 Å². The van der Waals surface area contributed by atoms with E-state index in [4.69, 9.17) is 11.6 Å². The number of rotatable bonds is 4. The lowest BCUT2D eigenvalue weighted by Gasteiger charge is -2.34. The molecule has 0 unspecified atom stereocenters. The van der Waals surface area contributed by atoms with Gasteiger partial charge in [-0.3, -0.25) is 4.90 Å². The highest BCUT2D eigenvalue weighted by atomic mass is 35.5. The normalized spacial score (nSPS) is 23.3. The van der Waals surface area contributed by atoms with Gasteiger partial charge in [0.1, 0.15) is 5.82 Å². The highest BCUT2D eigenvalue weighted by molar-refractivity contribution is 6.31. The summed E-state index contributed by atoms with van der Waals surface area (Å²) in [5.74, 6) is -0.170.